The Kier molecular flexibility index (Phi) is 7.90. The van der Waals surface area contributed by atoms with Crippen molar-refractivity contribution in [3.8, 4) is 11.5 Å². The van der Waals surface area contributed by atoms with Gasteiger partial charge in [-0.2, -0.15) is 0 Å². The van der Waals surface area contributed by atoms with Crippen molar-refractivity contribution in [2.24, 2.45) is 0 Å². The Morgan fingerprint density at radius 2 is 1.76 bits per heavy atom. The first-order valence-electron chi connectivity index (χ1n) is 9.53. The maximum absolute atomic E-state index is 12.6. The fraction of sp³-hybridized carbons (Fsp3) is 0.381. The van der Waals surface area contributed by atoms with Crippen molar-refractivity contribution in [2.75, 3.05) is 17.9 Å². The molecule has 29 heavy (non-hydrogen) atoms. The maximum Gasteiger partial charge on any atom is 0.261 e. The maximum atomic E-state index is 12.6. The molecule has 0 fully saturated rings. The number of carbonyl (C=O) groups is 1. The van der Waals surface area contributed by atoms with E-state index in [1.807, 2.05) is 20.8 Å². The van der Waals surface area contributed by atoms with E-state index in [1.165, 1.54) is 12.1 Å². The summed E-state index contributed by atoms with van der Waals surface area (Å²) in [6.45, 7) is 7.93. The third kappa shape index (κ3) is 6.67. The molecule has 2 aromatic carbocycles. The van der Waals surface area contributed by atoms with E-state index in [0.29, 0.717) is 29.4 Å². The lowest BCUT2D eigenvalue weighted by atomic mass is 10.2. The van der Waals surface area contributed by atoms with Crippen molar-refractivity contribution in [2.45, 2.75) is 45.1 Å². The van der Waals surface area contributed by atoms with Crippen molar-refractivity contribution in [3.63, 3.8) is 0 Å². The molecule has 2 rings (SSSR count). The van der Waals surface area contributed by atoms with Gasteiger partial charge in [-0.3, -0.25) is 9.52 Å². The van der Waals surface area contributed by atoms with Crippen LogP contribution in [-0.4, -0.2) is 33.6 Å². The second-order valence-corrected chi connectivity index (χ2v) is 8.34. The molecule has 1 atom stereocenters. The van der Waals surface area contributed by atoms with Gasteiger partial charge in [0.05, 0.1) is 11.5 Å². The van der Waals surface area contributed by atoms with Crippen molar-refractivity contribution >= 4 is 21.6 Å². The van der Waals surface area contributed by atoms with Crippen LogP contribution in [0.15, 0.2) is 47.4 Å². The van der Waals surface area contributed by atoms with Crippen LogP contribution >= 0.6 is 0 Å². The molecular weight excluding hydrogens is 392 g/mol. The van der Waals surface area contributed by atoms with Crippen molar-refractivity contribution in [1.82, 2.24) is 5.32 Å². The highest BCUT2D eigenvalue weighted by atomic mass is 32.2. The van der Waals surface area contributed by atoms with Crippen molar-refractivity contribution in [3.05, 3.63) is 48.0 Å². The van der Waals surface area contributed by atoms with Crippen LogP contribution in [0.3, 0.4) is 0 Å². The number of aryl methyl sites for hydroxylation is 1. The summed E-state index contributed by atoms with van der Waals surface area (Å²) in [7, 11) is -3.75. The van der Waals surface area contributed by atoms with Gasteiger partial charge in [0.1, 0.15) is 11.5 Å². The van der Waals surface area contributed by atoms with E-state index in [-0.39, 0.29) is 23.5 Å². The van der Waals surface area contributed by atoms with Gasteiger partial charge < -0.3 is 14.8 Å². The van der Waals surface area contributed by atoms with E-state index >= 15 is 0 Å². The molecule has 8 heteroatoms. The topological polar surface area (TPSA) is 93.7 Å². The van der Waals surface area contributed by atoms with E-state index in [9.17, 15) is 13.2 Å². The number of rotatable bonds is 10. The first kappa shape index (κ1) is 22.5. The predicted molar refractivity (Wildman–Crippen MR) is 113 cm³/mol. The van der Waals surface area contributed by atoms with Crippen LogP contribution in [0, 0.1) is 6.92 Å². The monoisotopic (exact) mass is 420 g/mol. The third-order valence-electron chi connectivity index (χ3n) is 4.25. The first-order chi connectivity index (χ1) is 13.7. The predicted octanol–water partition coefficient (Wildman–Crippen LogP) is 3.49. The largest absolute Gasteiger partial charge is 0.494 e. The number of hydrogen-bond donors (Lipinski definition) is 2. The number of sulfonamides is 1. The van der Waals surface area contributed by atoms with Crippen LogP contribution < -0.4 is 19.5 Å². The van der Waals surface area contributed by atoms with Gasteiger partial charge in [-0.25, -0.2) is 8.42 Å². The molecule has 0 heterocycles. The molecule has 0 bridgehead atoms. The Balaban J connectivity index is 2.04. The number of benzene rings is 2. The number of carbonyl (C=O) groups excluding carboxylic acids is 1. The third-order valence-corrected chi connectivity index (χ3v) is 5.63. The van der Waals surface area contributed by atoms with Gasteiger partial charge in [-0.1, -0.05) is 6.92 Å². The molecule has 0 aliphatic rings. The van der Waals surface area contributed by atoms with E-state index in [1.54, 1.807) is 37.3 Å². The van der Waals surface area contributed by atoms with Crippen LogP contribution in [0.5, 0.6) is 11.5 Å². The van der Waals surface area contributed by atoms with Crippen LogP contribution in [0.4, 0.5) is 5.69 Å². The van der Waals surface area contributed by atoms with Gasteiger partial charge >= 0.3 is 0 Å². The SMILES string of the molecule is CCOc1ccc(NS(=O)(=O)c2ccc(OCC(=O)N[C@@H](C)CC)c(C)c2)cc1. The molecule has 158 valence electrons. The standard InChI is InChI=1S/C21H28N2O5S/c1-5-16(4)22-21(24)14-28-20-12-11-19(13-15(20)3)29(25,26)23-17-7-9-18(10-8-17)27-6-2/h7-13,16,23H,5-6,14H2,1-4H3,(H,22,24)/t16-/m0/s1. The highest BCUT2D eigenvalue weighted by molar-refractivity contribution is 7.92. The molecule has 1 amide bonds. The van der Waals surface area contributed by atoms with E-state index in [4.69, 9.17) is 9.47 Å². The van der Waals surface area contributed by atoms with Gasteiger partial charge in [0.25, 0.3) is 15.9 Å². The molecular formula is C21H28N2O5S. The Morgan fingerprint density at radius 1 is 1.07 bits per heavy atom. The van der Waals surface area contributed by atoms with Crippen molar-refractivity contribution < 1.29 is 22.7 Å². The highest BCUT2D eigenvalue weighted by Gasteiger charge is 2.16. The zero-order chi connectivity index (χ0) is 21.4. The summed E-state index contributed by atoms with van der Waals surface area (Å²) in [5.74, 6) is 0.919. The molecule has 0 radical (unpaired) electrons. The quantitative estimate of drug-likeness (QED) is 0.614. The zero-order valence-corrected chi connectivity index (χ0v) is 18.0. The molecule has 0 aliphatic carbocycles. The number of hydrogen-bond acceptors (Lipinski definition) is 5. The van der Waals surface area contributed by atoms with Gasteiger partial charge in [0.15, 0.2) is 6.61 Å². The summed E-state index contributed by atoms with van der Waals surface area (Å²) in [5, 5.41) is 2.82. The zero-order valence-electron chi connectivity index (χ0n) is 17.2. The van der Waals surface area contributed by atoms with Crippen LogP contribution in [0.2, 0.25) is 0 Å². The average molecular weight is 421 g/mol. The Bertz CT molecular complexity index is 927. The molecule has 0 saturated carbocycles. The van der Waals surface area contributed by atoms with Crippen molar-refractivity contribution in [1.29, 1.82) is 0 Å². The second-order valence-electron chi connectivity index (χ2n) is 6.66. The van der Waals surface area contributed by atoms with Gasteiger partial charge in [0.2, 0.25) is 0 Å². The van der Waals surface area contributed by atoms with Gasteiger partial charge in [0, 0.05) is 11.7 Å². The summed E-state index contributed by atoms with van der Waals surface area (Å²) in [4.78, 5) is 12.0. The number of ether oxygens (including phenoxy) is 2. The molecule has 7 nitrogen and oxygen atoms in total. The first-order valence-corrected chi connectivity index (χ1v) is 11.0. The second kappa shape index (κ2) is 10.2. The van der Waals surface area contributed by atoms with Crippen LogP contribution in [0.25, 0.3) is 0 Å². The molecule has 0 unspecified atom stereocenters. The van der Waals surface area contributed by atoms with Crippen LogP contribution in [-0.2, 0) is 14.8 Å². The Labute approximate surface area is 172 Å². The summed E-state index contributed by atoms with van der Waals surface area (Å²) in [5.41, 5.74) is 1.06. The summed E-state index contributed by atoms with van der Waals surface area (Å²) >= 11 is 0. The fourth-order valence-electron chi connectivity index (χ4n) is 2.51. The average Bonchev–Trinajstić information content (AvgIpc) is 2.68. The summed E-state index contributed by atoms with van der Waals surface area (Å²) in [6.07, 6.45) is 0.832. The van der Waals surface area contributed by atoms with Crippen LogP contribution in [0.1, 0.15) is 32.8 Å². The van der Waals surface area contributed by atoms with Gasteiger partial charge in [-0.05, 0) is 75.2 Å². The fourth-order valence-corrected chi connectivity index (χ4v) is 3.66. The normalized spacial score (nSPS) is 12.1. The molecule has 2 N–H and O–H groups in total. The number of anilines is 1. The minimum atomic E-state index is -3.75. The minimum Gasteiger partial charge on any atom is -0.494 e. The Hall–Kier alpha value is -2.74. The van der Waals surface area contributed by atoms with Gasteiger partial charge in [-0.15, -0.1) is 0 Å². The number of amides is 1. The molecule has 0 saturated heterocycles. The summed E-state index contributed by atoms with van der Waals surface area (Å²) < 4.78 is 38.7. The molecule has 2 aromatic rings. The van der Waals surface area contributed by atoms with E-state index in [2.05, 4.69) is 10.0 Å². The minimum absolute atomic E-state index is 0.0772. The number of nitrogens with one attached hydrogen (secondary N) is 2. The lowest BCUT2D eigenvalue weighted by Crippen LogP contribution is -2.35. The van der Waals surface area contributed by atoms with E-state index in [0.717, 1.165) is 6.42 Å². The smallest absolute Gasteiger partial charge is 0.261 e. The Morgan fingerprint density at radius 3 is 2.34 bits per heavy atom. The molecule has 0 aromatic heterocycles. The molecule has 0 spiro atoms. The lowest BCUT2D eigenvalue weighted by molar-refractivity contribution is -0.123. The van der Waals surface area contributed by atoms with E-state index < -0.39 is 10.0 Å². The summed E-state index contributed by atoms with van der Waals surface area (Å²) in [6, 6.07) is 11.3. The molecule has 0 aliphatic heterocycles. The highest BCUT2D eigenvalue weighted by Crippen LogP contribution is 2.24. The lowest BCUT2D eigenvalue weighted by Gasteiger charge is -2.14.